The van der Waals surface area contributed by atoms with Crippen molar-refractivity contribution < 1.29 is 4.74 Å². The van der Waals surface area contributed by atoms with Gasteiger partial charge >= 0.3 is 0 Å². The summed E-state index contributed by atoms with van der Waals surface area (Å²) in [6.07, 6.45) is 1.83. The van der Waals surface area contributed by atoms with E-state index in [2.05, 4.69) is 5.10 Å². The van der Waals surface area contributed by atoms with Crippen LogP contribution in [0.3, 0.4) is 0 Å². The van der Waals surface area contributed by atoms with E-state index in [1.165, 1.54) is 0 Å². The zero-order valence-electron chi connectivity index (χ0n) is 6.69. The van der Waals surface area contributed by atoms with E-state index in [9.17, 15) is 0 Å². The van der Waals surface area contributed by atoms with Gasteiger partial charge in [-0.15, -0.1) is 5.10 Å². The zero-order chi connectivity index (χ0) is 8.55. The van der Waals surface area contributed by atoms with Gasteiger partial charge in [0.05, 0.1) is 18.3 Å². The van der Waals surface area contributed by atoms with Crippen molar-refractivity contribution in [3.63, 3.8) is 0 Å². The van der Waals surface area contributed by atoms with Gasteiger partial charge < -0.3 is 10.5 Å². The number of pyridine rings is 1. The maximum Gasteiger partial charge on any atom is 0.233 e. The summed E-state index contributed by atoms with van der Waals surface area (Å²) in [4.78, 5) is 0. The highest BCUT2D eigenvalue weighted by Crippen LogP contribution is 2.17. The summed E-state index contributed by atoms with van der Waals surface area (Å²) in [7, 11) is 1.58. The standard InChI is InChI=1S/C8H9N3O/c1-12-8-5-7-6(9)3-2-4-11(7)10-8/h2-5H,9H2,1H3. The number of hydrogen-bond donors (Lipinski definition) is 1. The van der Waals surface area contributed by atoms with E-state index < -0.39 is 0 Å². The molecule has 0 saturated carbocycles. The molecule has 12 heavy (non-hydrogen) atoms. The fourth-order valence-corrected chi connectivity index (χ4v) is 1.11. The molecule has 0 unspecified atom stereocenters. The Balaban J connectivity index is 2.74. The second-order valence-electron chi connectivity index (χ2n) is 2.48. The SMILES string of the molecule is COc1cc2c(N)cccn2n1. The monoisotopic (exact) mass is 163 g/mol. The van der Waals surface area contributed by atoms with Gasteiger partial charge in [-0.1, -0.05) is 0 Å². The summed E-state index contributed by atoms with van der Waals surface area (Å²) in [6.45, 7) is 0. The Bertz CT molecular complexity index is 408. The van der Waals surface area contributed by atoms with E-state index in [1.807, 2.05) is 18.3 Å². The molecule has 0 bridgehead atoms. The van der Waals surface area contributed by atoms with Crippen molar-refractivity contribution in [2.75, 3.05) is 12.8 Å². The number of methoxy groups -OCH3 is 1. The molecule has 2 aromatic heterocycles. The molecular weight excluding hydrogens is 154 g/mol. The summed E-state index contributed by atoms with van der Waals surface area (Å²) in [5, 5.41) is 4.11. The Hall–Kier alpha value is -1.71. The molecule has 62 valence electrons. The smallest absolute Gasteiger partial charge is 0.233 e. The van der Waals surface area contributed by atoms with Crippen LogP contribution in [-0.4, -0.2) is 16.7 Å². The van der Waals surface area contributed by atoms with Gasteiger partial charge in [0.2, 0.25) is 5.88 Å². The third-order valence-electron chi connectivity index (χ3n) is 1.72. The normalized spacial score (nSPS) is 10.4. The fraction of sp³-hybridized carbons (Fsp3) is 0.125. The summed E-state index contributed by atoms with van der Waals surface area (Å²) in [5.74, 6) is 0.577. The number of nitrogens with two attached hydrogens (primary N) is 1. The van der Waals surface area contributed by atoms with E-state index >= 15 is 0 Å². The molecule has 2 heterocycles. The molecule has 4 nitrogen and oxygen atoms in total. The van der Waals surface area contributed by atoms with Crippen molar-refractivity contribution in [3.8, 4) is 5.88 Å². The van der Waals surface area contributed by atoms with E-state index in [4.69, 9.17) is 10.5 Å². The second kappa shape index (κ2) is 2.41. The molecule has 0 aliphatic carbocycles. The first-order valence-electron chi connectivity index (χ1n) is 3.59. The predicted octanol–water partition coefficient (Wildman–Crippen LogP) is 0.925. The zero-order valence-corrected chi connectivity index (χ0v) is 6.69. The molecule has 0 radical (unpaired) electrons. The van der Waals surface area contributed by atoms with Crippen LogP contribution < -0.4 is 10.5 Å². The van der Waals surface area contributed by atoms with E-state index in [1.54, 1.807) is 17.7 Å². The highest BCUT2D eigenvalue weighted by molar-refractivity contribution is 5.69. The van der Waals surface area contributed by atoms with Crippen molar-refractivity contribution in [1.29, 1.82) is 0 Å². The molecule has 2 aromatic rings. The van der Waals surface area contributed by atoms with Crippen molar-refractivity contribution in [2.45, 2.75) is 0 Å². The number of anilines is 1. The minimum absolute atomic E-state index is 0.577. The average molecular weight is 163 g/mol. The molecule has 0 aliphatic heterocycles. The van der Waals surface area contributed by atoms with Crippen LogP contribution in [0.1, 0.15) is 0 Å². The molecular formula is C8H9N3O. The largest absolute Gasteiger partial charge is 0.480 e. The summed E-state index contributed by atoms with van der Waals surface area (Å²) < 4.78 is 6.66. The quantitative estimate of drug-likeness (QED) is 0.680. The van der Waals surface area contributed by atoms with Crippen LogP contribution in [0.4, 0.5) is 5.69 Å². The number of aromatic nitrogens is 2. The number of hydrogen-bond acceptors (Lipinski definition) is 3. The number of rotatable bonds is 1. The maximum atomic E-state index is 5.71. The second-order valence-corrected chi connectivity index (χ2v) is 2.48. The lowest BCUT2D eigenvalue weighted by Gasteiger charge is -1.93. The molecule has 0 aliphatic rings. The Kier molecular flexibility index (Phi) is 1.40. The van der Waals surface area contributed by atoms with Gasteiger partial charge in [-0.05, 0) is 12.1 Å². The lowest BCUT2D eigenvalue weighted by Crippen LogP contribution is -1.91. The van der Waals surface area contributed by atoms with Crippen molar-refractivity contribution in [3.05, 3.63) is 24.4 Å². The molecule has 2 rings (SSSR count). The molecule has 0 saturated heterocycles. The highest BCUT2D eigenvalue weighted by atomic mass is 16.5. The molecule has 2 N–H and O–H groups in total. The maximum absolute atomic E-state index is 5.71. The predicted molar refractivity (Wildman–Crippen MR) is 46.2 cm³/mol. The number of nitrogens with zero attached hydrogens (tertiary/aromatic N) is 2. The first kappa shape index (κ1) is 6.97. The van der Waals surface area contributed by atoms with Crippen molar-refractivity contribution in [1.82, 2.24) is 9.61 Å². The third kappa shape index (κ3) is 0.887. The van der Waals surface area contributed by atoms with Gasteiger partial charge in [-0.2, -0.15) is 0 Å². The molecule has 0 amide bonds. The fourth-order valence-electron chi connectivity index (χ4n) is 1.11. The van der Waals surface area contributed by atoms with Crippen LogP contribution in [0.15, 0.2) is 24.4 Å². The van der Waals surface area contributed by atoms with Crippen LogP contribution >= 0.6 is 0 Å². The molecule has 0 atom stereocenters. The Morgan fingerprint density at radius 2 is 2.42 bits per heavy atom. The number of fused-ring (bicyclic) bond motifs is 1. The minimum Gasteiger partial charge on any atom is -0.480 e. The van der Waals surface area contributed by atoms with Crippen molar-refractivity contribution in [2.24, 2.45) is 0 Å². The van der Waals surface area contributed by atoms with Crippen LogP contribution in [0.2, 0.25) is 0 Å². The Morgan fingerprint density at radius 3 is 3.08 bits per heavy atom. The average Bonchev–Trinajstić information content (AvgIpc) is 2.49. The van der Waals surface area contributed by atoms with E-state index in [-0.39, 0.29) is 0 Å². The van der Waals surface area contributed by atoms with Gasteiger partial charge in [0, 0.05) is 12.3 Å². The van der Waals surface area contributed by atoms with Gasteiger partial charge in [-0.25, -0.2) is 4.52 Å². The third-order valence-corrected chi connectivity index (χ3v) is 1.72. The Morgan fingerprint density at radius 1 is 1.58 bits per heavy atom. The van der Waals surface area contributed by atoms with Crippen molar-refractivity contribution >= 4 is 11.2 Å². The van der Waals surface area contributed by atoms with Gasteiger partial charge in [-0.3, -0.25) is 0 Å². The van der Waals surface area contributed by atoms with Crippen LogP contribution in [0.5, 0.6) is 5.88 Å². The van der Waals surface area contributed by atoms with Crippen LogP contribution in [0.25, 0.3) is 5.52 Å². The van der Waals surface area contributed by atoms with E-state index in [0.717, 1.165) is 5.52 Å². The van der Waals surface area contributed by atoms with Gasteiger partial charge in [0.15, 0.2) is 0 Å². The molecule has 0 aromatic carbocycles. The highest BCUT2D eigenvalue weighted by Gasteiger charge is 2.02. The van der Waals surface area contributed by atoms with E-state index in [0.29, 0.717) is 11.6 Å². The lowest BCUT2D eigenvalue weighted by atomic mass is 10.3. The number of nitrogen functional groups attached to an aromatic ring is 1. The minimum atomic E-state index is 0.577. The van der Waals surface area contributed by atoms with Gasteiger partial charge in [0.25, 0.3) is 0 Å². The van der Waals surface area contributed by atoms with Crippen LogP contribution in [0, 0.1) is 0 Å². The van der Waals surface area contributed by atoms with Gasteiger partial charge in [0.1, 0.15) is 0 Å². The Labute approximate surface area is 69.6 Å². The first-order valence-corrected chi connectivity index (χ1v) is 3.59. The topological polar surface area (TPSA) is 52.5 Å². The summed E-state index contributed by atoms with van der Waals surface area (Å²) in [6, 6.07) is 5.47. The first-order chi connectivity index (χ1) is 5.81. The summed E-state index contributed by atoms with van der Waals surface area (Å²) >= 11 is 0. The summed E-state index contributed by atoms with van der Waals surface area (Å²) in [5.41, 5.74) is 7.28. The molecule has 4 heteroatoms. The molecule has 0 fully saturated rings. The lowest BCUT2D eigenvalue weighted by molar-refractivity contribution is 0.395. The number of ether oxygens (including phenoxy) is 1. The van der Waals surface area contributed by atoms with Crippen LogP contribution in [-0.2, 0) is 0 Å². The molecule has 0 spiro atoms.